The minimum absolute atomic E-state index is 0.756. The zero-order chi connectivity index (χ0) is 12.2. The Hall–Kier alpha value is -1.61. The smallest absolute Gasteiger partial charge is 0.0346 e. The van der Waals surface area contributed by atoms with Crippen LogP contribution < -0.4 is 10.6 Å². The lowest BCUT2D eigenvalue weighted by molar-refractivity contribution is 0.393. The molecule has 1 unspecified atom stereocenters. The van der Waals surface area contributed by atoms with Gasteiger partial charge in [-0.15, -0.1) is 0 Å². The molecule has 1 aliphatic heterocycles. The highest BCUT2D eigenvalue weighted by Gasteiger charge is 2.12. The van der Waals surface area contributed by atoms with E-state index < -0.39 is 0 Å². The molecule has 1 aliphatic rings. The molecule has 1 saturated heterocycles. The Morgan fingerprint density at radius 1 is 1.28 bits per heavy atom. The van der Waals surface area contributed by atoms with Crippen LogP contribution >= 0.6 is 0 Å². The SMILES string of the molecule is c1cc2cc(NCC3CCCNC3)ccc2cn1. The Bertz CT molecular complexity index is 518. The van der Waals surface area contributed by atoms with Crippen molar-refractivity contribution in [3.63, 3.8) is 0 Å². The molecule has 0 bridgehead atoms. The summed E-state index contributed by atoms with van der Waals surface area (Å²) in [5, 5.41) is 9.44. The average molecular weight is 241 g/mol. The first kappa shape index (κ1) is 11.5. The summed E-state index contributed by atoms with van der Waals surface area (Å²) in [7, 11) is 0. The molecule has 0 radical (unpaired) electrons. The van der Waals surface area contributed by atoms with Crippen molar-refractivity contribution in [1.82, 2.24) is 10.3 Å². The largest absolute Gasteiger partial charge is 0.385 e. The normalized spacial score (nSPS) is 19.9. The predicted molar refractivity (Wildman–Crippen MR) is 75.8 cm³/mol. The van der Waals surface area contributed by atoms with Crippen molar-refractivity contribution in [2.24, 2.45) is 5.92 Å². The van der Waals surface area contributed by atoms with E-state index in [1.54, 1.807) is 0 Å². The van der Waals surface area contributed by atoms with Crippen LogP contribution in [0.2, 0.25) is 0 Å². The molecular weight excluding hydrogens is 222 g/mol. The van der Waals surface area contributed by atoms with Crippen molar-refractivity contribution in [2.45, 2.75) is 12.8 Å². The third-order valence-corrected chi connectivity index (χ3v) is 3.63. The van der Waals surface area contributed by atoms with Gasteiger partial charge in [0.25, 0.3) is 0 Å². The molecule has 0 aliphatic carbocycles. The van der Waals surface area contributed by atoms with Gasteiger partial charge in [-0.2, -0.15) is 0 Å². The lowest BCUT2D eigenvalue weighted by atomic mass is 9.99. The molecule has 94 valence electrons. The quantitative estimate of drug-likeness (QED) is 0.867. The Labute approximate surface area is 108 Å². The second-order valence-electron chi connectivity index (χ2n) is 5.03. The Morgan fingerprint density at radius 3 is 3.17 bits per heavy atom. The van der Waals surface area contributed by atoms with Gasteiger partial charge in [-0.25, -0.2) is 0 Å². The number of nitrogens with one attached hydrogen (secondary N) is 2. The second kappa shape index (κ2) is 5.36. The highest BCUT2D eigenvalue weighted by Crippen LogP contribution is 2.19. The third-order valence-electron chi connectivity index (χ3n) is 3.63. The molecule has 1 atom stereocenters. The minimum atomic E-state index is 0.756. The maximum Gasteiger partial charge on any atom is 0.0346 e. The van der Waals surface area contributed by atoms with Crippen molar-refractivity contribution in [3.8, 4) is 0 Å². The van der Waals surface area contributed by atoms with Gasteiger partial charge < -0.3 is 10.6 Å². The molecule has 0 amide bonds. The molecule has 0 saturated carbocycles. The summed E-state index contributed by atoms with van der Waals surface area (Å²) in [5.74, 6) is 0.756. The fourth-order valence-electron chi connectivity index (χ4n) is 2.55. The molecule has 3 nitrogen and oxygen atoms in total. The van der Waals surface area contributed by atoms with Crippen LogP contribution in [0, 0.1) is 5.92 Å². The van der Waals surface area contributed by atoms with Crippen LogP contribution in [0.4, 0.5) is 5.69 Å². The number of pyridine rings is 1. The van der Waals surface area contributed by atoms with E-state index in [2.05, 4.69) is 39.9 Å². The van der Waals surface area contributed by atoms with Crippen molar-refractivity contribution >= 4 is 16.5 Å². The van der Waals surface area contributed by atoms with E-state index in [1.807, 2.05) is 12.4 Å². The fourth-order valence-corrected chi connectivity index (χ4v) is 2.55. The number of piperidine rings is 1. The highest BCUT2D eigenvalue weighted by molar-refractivity contribution is 5.84. The molecular formula is C15H19N3. The van der Waals surface area contributed by atoms with Gasteiger partial charge in [0.2, 0.25) is 0 Å². The first-order chi connectivity index (χ1) is 8.92. The van der Waals surface area contributed by atoms with Crippen LogP contribution in [0.1, 0.15) is 12.8 Å². The van der Waals surface area contributed by atoms with Crippen molar-refractivity contribution < 1.29 is 0 Å². The van der Waals surface area contributed by atoms with Gasteiger partial charge in [-0.3, -0.25) is 4.98 Å². The average Bonchev–Trinajstić information content (AvgIpc) is 2.46. The number of anilines is 1. The molecule has 0 spiro atoms. The maximum atomic E-state index is 4.13. The number of aromatic nitrogens is 1. The minimum Gasteiger partial charge on any atom is -0.385 e. The lowest BCUT2D eigenvalue weighted by Gasteiger charge is -2.23. The molecule has 1 fully saturated rings. The fraction of sp³-hybridized carbons (Fsp3) is 0.400. The van der Waals surface area contributed by atoms with Crippen molar-refractivity contribution in [1.29, 1.82) is 0 Å². The van der Waals surface area contributed by atoms with E-state index in [9.17, 15) is 0 Å². The van der Waals surface area contributed by atoms with Crippen molar-refractivity contribution in [3.05, 3.63) is 36.7 Å². The number of benzene rings is 1. The molecule has 2 heterocycles. The van der Waals surface area contributed by atoms with Gasteiger partial charge in [-0.05, 0) is 55.4 Å². The van der Waals surface area contributed by atoms with Gasteiger partial charge in [0.15, 0.2) is 0 Å². The molecule has 18 heavy (non-hydrogen) atoms. The van der Waals surface area contributed by atoms with Crippen LogP contribution in [0.25, 0.3) is 10.8 Å². The number of rotatable bonds is 3. The zero-order valence-electron chi connectivity index (χ0n) is 10.5. The Kier molecular flexibility index (Phi) is 3.42. The third kappa shape index (κ3) is 2.62. The standard InChI is InChI=1S/C15H19N3/c1-2-12(9-16-6-1)10-18-15-4-3-14-11-17-7-5-13(14)8-15/h3-5,7-8,11-12,16,18H,1-2,6,9-10H2. The molecule has 3 heteroatoms. The summed E-state index contributed by atoms with van der Waals surface area (Å²) in [6, 6.07) is 8.53. The summed E-state index contributed by atoms with van der Waals surface area (Å²) in [4.78, 5) is 4.13. The summed E-state index contributed by atoms with van der Waals surface area (Å²) in [6.45, 7) is 3.38. The van der Waals surface area contributed by atoms with E-state index in [1.165, 1.54) is 35.8 Å². The number of hydrogen-bond donors (Lipinski definition) is 2. The predicted octanol–water partition coefficient (Wildman–Crippen LogP) is 2.65. The van der Waals surface area contributed by atoms with E-state index in [-0.39, 0.29) is 0 Å². The number of hydrogen-bond acceptors (Lipinski definition) is 3. The maximum absolute atomic E-state index is 4.13. The highest BCUT2D eigenvalue weighted by atomic mass is 14.9. The summed E-state index contributed by atoms with van der Waals surface area (Å²) >= 11 is 0. The Balaban J connectivity index is 1.66. The molecule has 2 aromatic rings. The molecule has 1 aromatic heterocycles. The monoisotopic (exact) mass is 241 g/mol. The lowest BCUT2D eigenvalue weighted by Crippen LogP contribution is -2.33. The molecule has 2 N–H and O–H groups in total. The van der Waals surface area contributed by atoms with Crippen LogP contribution in [-0.2, 0) is 0 Å². The molecule has 3 rings (SSSR count). The number of nitrogens with zero attached hydrogens (tertiary/aromatic N) is 1. The van der Waals surface area contributed by atoms with Crippen LogP contribution in [0.3, 0.4) is 0 Å². The van der Waals surface area contributed by atoms with E-state index in [4.69, 9.17) is 0 Å². The second-order valence-corrected chi connectivity index (χ2v) is 5.03. The molecule has 1 aromatic carbocycles. The Morgan fingerprint density at radius 2 is 2.28 bits per heavy atom. The summed E-state index contributed by atoms with van der Waals surface area (Å²) < 4.78 is 0. The van der Waals surface area contributed by atoms with Gasteiger partial charge in [0.05, 0.1) is 0 Å². The first-order valence-electron chi connectivity index (χ1n) is 6.70. The number of fused-ring (bicyclic) bond motifs is 1. The van der Waals surface area contributed by atoms with Crippen LogP contribution in [0.5, 0.6) is 0 Å². The first-order valence-corrected chi connectivity index (χ1v) is 6.70. The van der Waals surface area contributed by atoms with Gasteiger partial charge in [0.1, 0.15) is 0 Å². The van der Waals surface area contributed by atoms with E-state index in [0.717, 1.165) is 19.0 Å². The summed E-state index contributed by atoms with van der Waals surface area (Å²) in [5.41, 5.74) is 1.21. The van der Waals surface area contributed by atoms with E-state index in [0.29, 0.717) is 0 Å². The summed E-state index contributed by atoms with van der Waals surface area (Å²) in [6.07, 6.45) is 6.38. The topological polar surface area (TPSA) is 37.0 Å². The van der Waals surface area contributed by atoms with Crippen LogP contribution in [0.15, 0.2) is 36.7 Å². The van der Waals surface area contributed by atoms with Gasteiger partial charge in [-0.1, -0.05) is 6.07 Å². The van der Waals surface area contributed by atoms with Crippen molar-refractivity contribution in [2.75, 3.05) is 25.0 Å². The van der Waals surface area contributed by atoms with Gasteiger partial charge in [0, 0.05) is 30.0 Å². The van der Waals surface area contributed by atoms with E-state index >= 15 is 0 Å². The zero-order valence-corrected chi connectivity index (χ0v) is 10.5. The van der Waals surface area contributed by atoms with Crippen LogP contribution in [-0.4, -0.2) is 24.6 Å². The van der Waals surface area contributed by atoms with Gasteiger partial charge >= 0.3 is 0 Å².